The Morgan fingerprint density at radius 3 is 2.21 bits per heavy atom. The molecule has 0 bridgehead atoms. The highest BCUT2D eigenvalue weighted by Gasteiger charge is 2.43. The second-order valence-electron chi connectivity index (χ2n) is 6.91. The van der Waals surface area contributed by atoms with Crippen molar-refractivity contribution in [2.24, 2.45) is 0 Å². The average molecular weight is 372 g/mol. The minimum atomic E-state index is -0.446. The molecule has 2 aromatic heterocycles. The molecule has 7 nitrogen and oxygen atoms in total. The first-order chi connectivity index (χ1) is 13.6. The molecular weight excluding hydrogens is 352 g/mol. The normalized spacial score (nSPS) is 14.7. The Kier molecular flexibility index (Phi) is 4.57. The predicted molar refractivity (Wildman–Crippen MR) is 107 cm³/mol. The third-order valence-electron chi connectivity index (χ3n) is 5.31. The van der Waals surface area contributed by atoms with Crippen LogP contribution in [0.1, 0.15) is 35.2 Å². The van der Waals surface area contributed by atoms with Gasteiger partial charge >= 0.3 is 0 Å². The Morgan fingerprint density at radius 1 is 1.00 bits per heavy atom. The number of carbonyl (C=O) groups excluding carboxylic acids is 1. The lowest BCUT2D eigenvalue weighted by Gasteiger charge is -2.42. The van der Waals surface area contributed by atoms with Crippen LogP contribution in [-0.2, 0) is 5.41 Å². The molecule has 1 aliphatic rings. The van der Waals surface area contributed by atoms with Crippen molar-refractivity contribution in [3.05, 3.63) is 72.3 Å². The van der Waals surface area contributed by atoms with Crippen molar-refractivity contribution in [3.63, 3.8) is 0 Å². The molecule has 0 unspecified atom stereocenters. The summed E-state index contributed by atoms with van der Waals surface area (Å²) >= 11 is 0. The second kappa shape index (κ2) is 7.19. The highest BCUT2D eigenvalue weighted by molar-refractivity contribution is 6.09. The lowest BCUT2D eigenvalue weighted by molar-refractivity contribution is 0.0972. The Hall–Kier alpha value is -3.61. The Bertz CT molecular complexity index is 995. The molecule has 1 saturated carbocycles. The van der Waals surface area contributed by atoms with Crippen LogP contribution in [-0.4, -0.2) is 26.7 Å². The number of nitrogen functional groups attached to an aromatic ring is 1. The molecule has 4 N–H and O–H groups in total. The summed E-state index contributed by atoms with van der Waals surface area (Å²) in [6.45, 7) is 0. The smallest absolute Gasteiger partial charge is 0.256 e. The molecule has 28 heavy (non-hydrogen) atoms. The van der Waals surface area contributed by atoms with E-state index in [1.165, 1.54) is 0 Å². The quantitative estimate of drug-likeness (QED) is 0.481. The average Bonchev–Trinajstić information content (AvgIpc) is 2.69. The number of aromatic nitrogens is 3. The van der Waals surface area contributed by atoms with Crippen LogP contribution >= 0.6 is 0 Å². The number of nitrogens with two attached hydrogens (primary N) is 1. The topological polar surface area (TPSA) is 118 Å². The van der Waals surface area contributed by atoms with Crippen LogP contribution < -0.4 is 11.1 Å². The van der Waals surface area contributed by atoms with Gasteiger partial charge in [-0.25, -0.2) is 9.97 Å². The highest BCUT2D eigenvalue weighted by atomic mass is 16.1. The summed E-state index contributed by atoms with van der Waals surface area (Å²) in [5, 5.41) is 11.3. The van der Waals surface area contributed by atoms with E-state index >= 15 is 0 Å². The largest absolute Gasteiger partial charge is 0.368 e. The van der Waals surface area contributed by atoms with Gasteiger partial charge in [-0.15, -0.1) is 0 Å². The molecule has 1 aliphatic carbocycles. The third kappa shape index (κ3) is 3.22. The number of hydrogen-bond donors (Lipinski definition) is 3. The van der Waals surface area contributed by atoms with E-state index < -0.39 is 5.41 Å². The van der Waals surface area contributed by atoms with Crippen molar-refractivity contribution in [3.8, 4) is 11.1 Å². The number of amidine groups is 1. The van der Waals surface area contributed by atoms with E-state index in [1.54, 1.807) is 36.9 Å². The van der Waals surface area contributed by atoms with Gasteiger partial charge in [-0.2, -0.15) is 0 Å². The summed E-state index contributed by atoms with van der Waals surface area (Å²) in [5.41, 5.74) is 8.47. The van der Waals surface area contributed by atoms with Gasteiger partial charge in [-0.1, -0.05) is 30.7 Å². The van der Waals surface area contributed by atoms with Crippen LogP contribution in [0.25, 0.3) is 11.1 Å². The second-order valence-corrected chi connectivity index (χ2v) is 6.91. The number of benzene rings is 1. The summed E-state index contributed by atoms with van der Waals surface area (Å²) in [4.78, 5) is 24.4. The molecule has 0 spiro atoms. The number of hydrogen-bond acceptors (Lipinski definition) is 6. The molecule has 0 saturated heterocycles. The van der Waals surface area contributed by atoms with Crippen LogP contribution in [0.4, 0.5) is 5.95 Å². The van der Waals surface area contributed by atoms with Crippen molar-refractivity contribution in [2.45, 2.75) is 24.7 Å². The summed E-state index contributed by atoms with van der Waals surface area (Å²) in [7, 11) is 0. The molecule has 4 rings (SSSR count). The van der Waals surface area contributed by atoms with Crippen LogP contribution in [0, 0.1) is 5.41 Å². The van der Waals surface area contributed by atoms with Crippen molar-refractivity contribution in [2.75, 3.05) is 5.73 Å². The number of amides is 1. The number of pyridine rings is 1. The summed E-state index contributed by atoms with van der Waals surface area (Å²) < 4.78 is 0. The van der Waals surface area contributed by atoms with E-state index in [9.17, 15) is 4.79 Å². The maximum absolute atomic E-state index is 12.4. The van der Waals surface area contributed by atoms with E-state index in [0.29, 0.717) is 5.56 Å². The molecule has 0 radical (unpaired) electrons. The predicted octanol–water partition coefficient (Wildman–Crippen LogP) is 2.95. The van der Waals surface area contributed by atoms with E-state index in [2.05, 4.69) is 20.3 Å². The Balaban J connectivity index is 1.55. The number of rotatable bonds is 4. The monoisotopic (exact) mass is 372 g/mol. The third-order valence-corrected chi connectivity index (χ3v) is 5.31. The van der Waals surface area contributed by atoms with Crippen molar-refractivity contribution in [1.82, 2.24) is 20.3 Å². The number of nitrogens with one attached hydrogen (secondary N) is 2. The van der Waals surface area contributed by atoms with Crippen molar-refractivity contribution >= 4 is 17.7 Å². The van der Waals surface area contributed by atoms with Crippen molar-refractivity contribution < 1.29 is 4.79 Å². The van der Waals surface area contributed by atoms with Crippen LogP contribution in [0.3, 0.4) is 0 Å². The van der Waals surface area contributed by atoms with Crippen LogP contribution in [0.5, 0.6) is 0 Å². The molecule has 3 aromatic rings. The first-order valence-corrected chi connectivity index (χ1v) is 9.07. The summed E-state index contributed by atoms with van der Waals surface area (Å²) in [6, 6.07) is 11.3. The van der Waals surface area contributed by atoms with E-state index in [0.717, 1.165) is 36.0 Å². The van der Waals surface area contributed by atoms with Crippen LogP contribution in [0.15, 0.2) is 61.2 Å². The lowest BCUT2D eigenvalue weighted by Crippen LogP contribution is -2.50. The van der Waals surface area contributed by atoms with Gasteiger partial charge in [-0.05, 0) is 36.1 Å². The Labute approximate surface area is 162 Å². The van der Waals surface area contributed by atoms with E-state index in [1.807, 2.05) is 24.3 Å². The zero-order valence-corrected chi connectivity index (χ0v) is 15.2. The van der Waals surface area contributed by atoms with Gasteiger partial charge in [-0.3, -0.25) is 15.2 Å². The molecule has 1 amide bonds. The zero-order valence-electron chi connectivity index (χ0n) is 15.2. The van der Waals surface area contributed by atoms with E-state index in [-0.39, 0.29) is 17.7 Å². The summed E-state index contributed by atoms with van der Waals surface area (Å²) in [5.74, 6) is 0.200. The zero-order chi connectivity index (χ0) is 19.6. The minimum absolute atomic E-state index is 0.240. The van der Waals surface area contributed by atoms with Gasteiger partial charge in [0.1, 0.15) is 5.84 Å². The Morgan fingerprint density at radius 2 is 1.64 bits per heavy atom. The number of carbonyl (C=O) groups is 1. The first-order valence-electron chi connectivity index (χ1n) is 9.07. The molecule has 2 heterocycles. The summed E-state index contributed by atoms with van der Waals surface area (Å²) in [6.07, 6.45) is 9.22. The van der Waals surface area contributed by atoms with Gasteiger partial charge in [0.15, 0.2) is 0 Å². The molecule has 140 valence electrons. The van der Waals surface area contributed by atoms with E-state index in [4.69, 9.17) is 11.1 Å². The first kappa shape index (κ1) is 17.8. The minimum Gasteiger partial charge on any atom is -0.368 e. The van der Waals surface area contributed by atoms with Crippen LogP contribution in [0.2, 0.25) is 0 Å². The number of anilines is 1. The molecular formula is C21H20N6O. The van der Waals surface area contributed by atoms with Gasteiger partial charge in [0.05, 0.1) is 5.41 Å². The molecule has 0 aliphatic heterocycles. The van der Waals surface area contributed by atoms with Gasteiger partial charge < -0.3 is 11.1 Å². The standard InChI is InChI=1S/C21H20N6O/c22-19(27-18(28)15-6-10-24-11-7-15)21(8-1-9-21)17-4-2-14(3-5-17)16-12-25-20(23)26-13-16/h2-7,10-13H,1,8-9H2,(H2,22,27,28)(H2,23,25,26). The fourth-order valence-corrected chi connectivity index (χ4v) is 3.49. The fraction of sp³-hybridized carbons (Fsp3) is 0.190. The maximum Gasteiger partial charge on any atom is 0.256 e. The fourth-order valence-electron chi connectivity index (χ4n) is 3.49. The SMILES string of the molecule is N=C(NC(=O)c1ccncc1)C1(c2ccc(-c3cnc(N)nc3)cc2)CCC1. The molecule has 0 atom stereocenters. The van der Waals surface area contributed by atoms with Gasteiger partial charge in [0.2, 0.25) is 5.95 Å². The van der Waals surface area contributed by atoms with Gasteiger partial charge in [0, 0.05) is 35.9 Å². The lowest BCUT2D eigenvalue weighted by atomic mass is 9.63. The molecule has 7 heteroatoms. The molecule has 1 fully saturated rings. The maximum atomic E-state index is 12.4. The van der Waals surface area contributed by atoms with Crippen molar-refractivity contribution in [1.29, 1.82) is 5.41 Å². The number of nitrogens with zero attached hydrogens (tertiary/aromatic N) is 3. The molecule has 1 aromatic carbocycles. The van der Waals surface area contributed by atoms with Gasteiger partial charge in [0.25, 0.3) is 5.91 Å². The highest BCUT2D eigenvalue weighted by Crippen LogP contribution is 2.44.